The molecule has 3 rings (SSSR count). The van der Waals surface area contributed by atoms with Crippen molar-refractivity contribution in [2.24, 2.45) is 0 Å². The van der Waals surface area contributed by atoms with Crippen LogP contribution in [0.2, 0.25) is 0 Å². The van der Waals surface area contributed by atoms with E-state index in [1.807, 2.05) is 0 Å². The summed E-state index contributed by atoms with van der Waals surface area (Å²) < 4.78 is 39.9. The second kappa shape index (κ2) is 7.86. The fourth-order valence-corrected chi connectivity index (χ4v) is 4.09. The first-order valence-electron chi connectivity index (χ1n) is 8.63. The van der Waals surface area contributed by atoms with Crippen LogP contribution in [0, 0.1) is 5.82 Å². The number of benzene rings is 2. The zero-order valence-electron chi connectivity index (χ0n) is 14.2. The van der Waals surface area contributed by atoms with Gasteiger partial charge in [-0.15, -0.1) is 0 Å². The molecule has 2 N–H and O–H groups in total. The molecule has 7 heteroatoms. The van der Waals surface area contributed by atoms with Crippen LogP contribution in [0.3, 0.4) is 0 Å². The SMILES string of the molecule is O=C(NC1CCCCC1)c1ccc(NS(=O)(=O)c2ccc(F)cc2)cc1. The molecule has 0 radical (unpaired) electrons. The number of sulfonamides is 1. The number of hydrogen-bond donors (Lipinski definition) is 2. The van der Waals surface area contributed by atoms with Gasteiger partial charge in [0.1, 0.15) is 5.82 Å². The van der Waals surface area contributed by atoms with Gasteiger partial charge in [0.05, 0.1) is 4.90 Å². The van der Waals surface area contributed by atoms with Gasteiger partial charge in [-0.3, -0.25) is 9.52 Å². The number of anilines is 1. The van der Waals surface area contributed by atoms with Crippen LogP contribution in [0.25, 0.3) is 0 Å². The van der Waals surface area contributed by atoms with E-state index >= 15 is 0 Å². The summed E-state index contributed by atoms with van der Waals surface area (Å²) in [5.41, 5.74) is 0.823. The molecule has 0 unspecified atom stereocenters. The van der Waals surface area contributed by atoms with Gasteiger partial charge in [-0.2, -0.15) is 0 Å². The average Bonchev–Trinajstić information content (AvgIpc) is 2.63. The molecular weight excluding hydrogens is 355 g/mol. The minimum absolute atomic E-state index is 0.0296. The van der Waals surface area contributed by atoms with Crippen LogP contribution in [0.1, 0.15) is 42.5 Å². The van der Waals surface area contributed by atoms with Gasteiger partial charge in [0.2, 0.25) is 0 Å². The summed E-state index contributed by atoms with van der Waals surface area (Å²) in [5.74, 6) is -0.651. The predicted molar refractivity (Wildman–Crippen MR) is 98.0 cm³/mol. The fraction of sp³-hybridized carbons (Fsp3) is 0.316. The molecule has 0 saturated heterocycles. The Hall–Kier alpha value is -2.41. The van der Waals surface area contributed by atoms with E-state index < -0.39 is 15.8 Å². The molecule has 1 saturated carbocycles. The molecule has 0 heterocycles. The topological polar surface area (TPSA) is 75.3 Å². The van der Waals surface area contributed by atoms with Gasteiger partial charge in [0, 0.05) is 17.3 Å². The van der Waals surface area contributed by atoms with E-state index in [4.69, 9.17) is 0 Å². The van der Waals surface area contributed by atoms with Gasteiger partial charge in [0.25, 0.3) is 15.9 Å². The zero-order valence-corrected chi connectivity index (χ0v) is 15.1. The lowest BCUT2D eigenvalue weighted by Gasteiger charge is -2.22. The van der Waals surface area contributed by atoms with Gasteiger partial charge in [0.15, 0.2) is 0 Å². The molecule has 0 aliphatic heterocycles. The van der Waals surface area contributed by atoms with Gasteiger partial charge < -0.3 is 5.32 Å². The maximum atomic E-state index is 12.9. The third kappa shape index (κ3) is 4.60. The normalized spacial score (nSPS) is 15.4. The van der Waals surface area contributed by atoms with E-state index in [0.29, 0.717) is 11.3 Å². The van der Waals surface area contributed by atoms with Gasteiger partial charge in [-0.25, -0.2) is 12.8 Å². The third-order valence-electron chi connectivity index (χ3n) is 4.46. The monoisotopic (exact) mass is 376 g/mol. The minimum Gasteiger partial charge on any atom is -0.349 e. The van der Waals surface area contributed by atoms with Crippen LogP contribution in [0.4, 0.5) is 10.1 Å². The molecule has 0 aromatic heterocycles. The maximum absolute atomic E-state index is 12.9. The average molecular weight is 376 g/mol. The van der Waals surface area contributed by atoms with E-state index in [-0.39, 0.29) is 16.8 Å². The van der Waals surface area contributed by atoms with Crippen molar-refractivity contribution >= 4 is 21.6 Å². The summed E-state index contributed by atoms with van der Waals surface area (Å²) in [4.78, 5) is 12.2. The van der Waals surface area contributed by atoms with Crippen molar-refractivity contribution in [2.45, 2.75) is 43.0 Å². The van der Waals surface area contributed by atoms with Crippen molar-refractivity contribution in [3.63, 3.8) is 0 Å². The standard InChI is InChI=1S/C19H21FN2O3S/c20-15-8-12-18(13-9-15)26(24,25)22-17-10-6-14(7-11-17)19(23)21-16-4-2-1-3-5-16/h6-13,16,22H,1-5H2,(H,21,23). The molecule has 1 amide bonds. The summed E-state index contributed by atoms with van der Waals surface area (Å²) in [6.45, 7) is 0. The van der Waals surface area contributed by atoms with E-state index in [1.165, 1.54) is 30.7 Å². The predicted octanol–water partition coefficient (Wildman–Crippen LogP) is 3.69. The molecule has 5 nitrogen and oxygen atoms in total. The number of nitrogens with one attached hydrogen (secondary N) is 2. The lowest BCUT2D eigenvalue weighted by molar-refractivity contribution is 0.0927. The molecule has 2 aromatic carbocycles. The first-order valence-corrected chi connectivity index (χ1v) is 10.1. The smallest absolute Gasteiger partial charge is 0.261 e. The molecule has 138 valence electrons. The molecular formula is C19H21FN2O3S. The second-order valence-corrected chi connectivity index (χ2v) is 8.13. The van der Waals surface area contributed by atoms with E-state index in [2.05, 4.69) is 10.0 Å². The summed E-state index contributed by atoms with van der Waals surface area (Å²) in [5, 5.41) is 3.02. The number of carbonyl (C=O) groups is 1. The Kier molecular flexibility index (Phi) is 5.56. The van der Waals surface area contributed by atoms with Crippen molar-refractivity contribution in [2.75, 3.05) is 4.72 Å². The highest BCUT2D eigenvalue weighted by Crippen LogP contribution is 2.19. The fourth-order valence-electron chi connectivity index (χ4n) is 3.03. The van der Waals surface area contributed by atoms with Crippen molar-refractivity contribution < 1.29 is 17.6 Å². The van der Waals surface area contributed by atoms with Crippen LogP contribution in [0.15, 0.2) is 53.4 Å². The Labute approximate surface area is 152 Å². The Morgan fingerprint density at radius 3 is 2.15 bits per heavy atom. The van der Waals surface area contributed by atoms with Crippen molar-refractivity contribution in [1.29, 1.82) is 0 Å². The van der Waals surface area contributed by atoms with Crippen LogP contribution >= 0.6 is 0 Å². The Morgan fingerprint density at radius 1 is 0.923 bits per heavy atom. The van der Waals surface area contributed by atoms with Crippen LogP contribution in [0.5, 0.6) is 0 Å². The largest absolute Gasteiger partial charge is 0.349 e. The first kappa shape index (κ1) is 18.4. The summed E-state index contributed by atoms with van der Waals surface area (Å²) in [7, 11) is -3.80. The molecule has 0 atom stereocenters. The molecule has 0 bridgehead atoms. The highest BCUT2D eigenvalue weighted by atomic mass is 32.2. The Bertz CT molecular complexity index is 859. The van der Waals surface area contributed by atoms with Crippen LogP contribution in [-0.2, 0) is 10.0 Å². The summed E-state index contributed by atoms with van der Waals surface area (Å²) in [6.07, 6.45) is 5.49. The highest BCUT2D eigenvalue weighted by molar-refractivity contribution is 7.92. The van der Waals surface area contributed by atoms with Crippen LogP contribution in [-0.4, -0.2) is 20.4 Å². The van der Waals surface area contributed by atoms with Gasteiger partial charge in [-0.05, 0) is 61.4 Å². The number of rotatable bonds is 5. The summed E-state index contributed by atoms with van der Waals surface area (Å²) in [6, 6.07) is 11.0. The molecule has 26 heavy (non-hydrogen) atoms. The molecule has 2 aromatic rings. The Morgan fingerprint density at radius 2 is 1.54 bits per heavy atom. The first-order chi connectivity index (χ1) is 12.4. The van der Waals surface area contributed by atoms with E-state index in [1.54, 1.807) is 12.1 Å². The van der Waals surface area contributed by atoms with Gasteiger partial charge >= 0.3 is 0 Å². The molecule has 0 spiro atoms. The highest BCUT2D eigenvalue weighted by Gasteiger charge is 2.17. The van der Waals surface area contributed by atoms with Crippen molar-refractivity contribution in [1.82, 2.24) is 5.32 Å². The van der Waals surface area contributed by atoms with Crippen molar-refractivity contribution in [3.8, 4) is 0 Å². The molecule has 1 aliphatic rings. The number of carbonyl (C=O) groups excluding carboxylic acids is 1. The summed E-state index contributed by atoms with van der Waals surface area (Å²) >= 11 is 0. The van der Waals surface area contributed by atoms with Crippen LogP contribution < -0.4 is 10.0 Å². The molecule has 1 fully saturated rings. The quantitative estimate of drug-likeness (QED) is 0.836. The van der Waals surface area contributed by atoms with Gasteiger partial charge in [-0.1, -0.05) is 19.3 Å². The zero-order chi connectivity index (χ0) is 18.6. The van der Waals surface area contributed by atoms with E-state index in [9.17, 15) is 17.6 Å². The Balaban J connectivity index is 1.65. The minimum atomic E-state index is -3.80. The number of hydrogen-bond acceptors (Lipinski definition) is 3. The van der Waals surface area contributed by atoms with E-state index in [0.717, 1.165) is 37.8 Å². The maximum Gasteiger partial charge on any atom is 0.261 e. The van der Waals surface area contributed by atoms with Crippen molar-refractivity contribution in [3.05, 3.63) is 59.9 Å². The number of halogens is 1. The second-order valence-electron chi connectivity index (χ2n) is 6.45. The molecule has 1 aliphatic carbocycles. The lowest BCUT2D eigenvalue weighted by Crippen LogP contribution is -2.36. The lowest BCUT2D eigenvalue weighted by atomic mass is 9.95. The number of amides is 1. The third-order valence-corrected chi connectivity index (χ3v) is 5.86.